The lowest BCUT2D eigenvalue weighted by atomic mass is 10.1. The van der Waals surface area contributed by atoms with Crippen LogP contribution in [0.3, 0.4) is 0 Å². The van der Waals surface area contributed by atoms with Crippen LogP contribution in [0.5, 0.6) is 0 Å². The van der Waals surface area contributed by atoms with E-state index in [0.717, 1.165) is 64.8 Å². The second-order valence-corrected chi connectivity index (χ2v) is 6.87. The highest BCUT2D eigenvalue weighted by Gasteiger charge is 2.23. The van der Waals surface area contributed by atoms with Crippen LogP contribution in [0.2, 0.25) is 0 Å². The predicted octanol–water partition coefficient (Wildman–Crippen LogP) is 2.89. The quantitative estimate of drug-likeness (QED) is 0.735. The molecule has 0 aliphatic carbocycles. The van der Waals surface area contributed by atoms with Crippen molar-refractivity contribution in [3.8, 4) is 6.07 Å². The maximum Gasteiger partial charge on any atom is 0.164 e. The fraction of sp³-hybridized carbons (Fsp3) is 0.353. The van der Waals surface area contributed by atoms with E-state index in [9.17, 15) is 5.26 Å². The van der Waals surface area contributed by atoms with Gasteiger partial charge < -0.3 is 14.8 Å². The Balaban J connectivity index is 1.93. The molecule has 0 aromatic carbocycles. The normalized spacial score (nSPS) is 16.0. The van der Waals surface area contributed by atoms with Gasteiger partial charge in [-0.2, -0.15) is 5.26 Å². The van der Waals surface area contributed by atoms with Crippen molar-refractivity contribution < 1.29 is 0 Å². The van der Waals surface area contributed by atoms with E-state index in [1.807, 2.05) is 6.07 Å². The molecule has 0 spiro atoms. The number of halogens is 1. The molecule has 1 N–H and O–H groups in total. The van der Waals surface area contributed by atoms with Gasteiger partial charge in [0.05, 0.1) is 17.4 Å². The highest BCUT2D eigenvalue weighted by atomic mass is 79.9. The first-order valence-electron chi connectivity index (χ1n) is 8.04. The summed E-state index contributed by atoms with van der Waals surface area (Å²) >= 11 is 3.50. The number of likely N-dealkylation sites (N-methyl/N-ethyl adjacent to an activating group) is 1. The van der Waals surface area contributed by atoms with Crippen molar-refractivity contribution in [2.75, 3.05) is 37.6 Å². The number of anilines is 1. The molecule has 0 saturated carbocycles. The van der Waals surface area contributed by atoms with E-state index in [1.165, 1.54) is 0 Å². The SMILES string of the molecule is CCN1CCN(c2c(C#N)ncc3[nH]c4ncc(Br)cc4c23)CC1. The zero-order valence-electron chi connectivity index (χ0n) is 13.4. The minimum absolute atomic E-state index is 0.480. The summed E-state index contributed by atoms with van der Waals surface area (Å²) in [7, 11) is 0. The number of H-pyrrole nitrogens is 1. The average molecular weight is 385 g/mol. The molecule has 4 rings (SSSR count). The predicted molar refractivity (Wildman–Crippen MR) is 98.1 cm³/mol. The van der Waals surface area contributed by atoms with E-state index in [2.05, 4.69) is 53.7 Å². The average Bonchev–Trinajstić information content (AvgIpc) is 2.99. The molecule has 0 amide bonds. The molecule has 24 heavy (non-hydrogen) atoms. The highest BCUT2D eigenvalue weighted by molar-refractivity contribution is 9.10. The summed E-state index contributed by atoms with van der Waals surface area (Å²) in [6, 6.07) is 4.32. The summed E-state index contributed by atoms with van der Waals surface area (Å²) in [5, 5.41) is 11.6. The molecule has 1 aliphatic heterocycles. The molecule has 6 nitrogen and oxygen atoms in total. The van der Waals surface area contributed by atoms with E-state index in [1.54, 1.807) is 12.4 Å². The topological polar surface area (TPSA) is 71.8 Å². The molecule has 122 valence electrons. The smallest absolute Gasteiger partial charge is 0.164 e. The lowest BCUT2D eigenvalue weighted by Gasteiger charge is -2.36. The van der Waals surface area contributed by atoms with Gasteiger partial charge in [0.1, 0.15) is 11.7 Å². The van der Waals surface area contributed by atoms with Crippen molar-refractivity contribution in [1.82, 2.24) is 19.9 Å². The van der Waals surface area contributed by atoms with Crippen LogP contribution in [-0.2, 0) is 0 Å². The van der Waals surface area contributed by atoms with Crippen LogP contribution >= 0.6 is 15.9 Å². The Morgan fingerprint density at radius 2 is 2.04 bits per heavy atom. The number of nitrogens with zero attached hydrogens (tertiary/aromatic N) is 5. The van der Waals surface area contributed by atoms with Crippen LogP contribution in [0.1, 0.15) is 12.6 Å². The lowest BCUT2D eigenvalue weighted by molar-refractivity contribution is 0.271. The Morgan fingerprint density at radius 1 is 1.25 bits per heavy atom. The first-order valence-corrected chi connectivity index (χ1v) is 8.84. The minimum atomic E-state index is 0.480. The molecule has 3 aromatic heterocycles. The molecule has 1 aliphatic rings. The number of pyridine rings is 2. The molecule has 1 saturated heterocycles. The minimum Gasteiger partial charge on any atom is -0.366 e. The van der Waals surface area contributed by atoms with Crippen LogP contribution in [0, 0.1) is 11.3 Å². The Kier molecular flexibility index (Phi) is 3.87. The Hall–Kier alpha value is -2.17. The number of fused-ring (bicyclic) bond motifs is 3. The lowest BCUT2D eigenvalue weighted by Crippen LogP contribution is -2.46. The number of hydrogen-bond donors (Lipinski definition) is 1. The first-order chi connectivity index (χ1) is 11.7. The van der Waals surface area contributed by atoms with Crippen molar-refractivity contribution in [3.05, 3.63) is 28.6 Å². The first kappa shape index (κ1) is 15.4. The molecule has 0 radical (unpaired) electrons. The van der Waals surface area contributed by atoms with Gasteiger partial charge >= 0.3 is 0 Å². The van der Waals surface area contributed by atoms with Gasteiger partial charge in [-0.25, -0.2) is 9.97 Å². The van der Waals surface area contributed by atoms with E-state index < -0.39 is 0 Å². The van der Waals surface area contributed by atoms with Crippen LogP contribution in [0.4, 0.5) is 5.69 Å². The number of nitrogens with one attached hydrogen (secondary N) is 1. The van der Waals surface area contributed by atoms with Crippen LogP contribution in [0.25, 0.3) is 21.9 Å². The van der Waals surface area contributed by atoms with E-state index >= 15 is 0 Å². The number of rotatable bonds is 2. The van der Waals surface area contributed by atoms with Crippen molar-refractivity contribution in [2.45, 2.75) is 6.92 Å². The summed E-state index contributed by atoms with van der Waals surface area (Å²) in [6.45, 7) is 7.05. The van der Waals surface area contributed by atoms with Crippen LogP contribution < -0.4 is 4.90 Å². The largest absolute Gasteiger partial charge is 0.366 e. The van der Waals surface area contributed by atoms with Crippen molar-refractivity contribution in [1.29, 1.82) is 5.26 Å². The van der Waals surface area contributed by atoms with Gasteiger partial charge in [0.2, 0.25) is 0 Å². The molecule has 0 atom stereocenters. The van der Waals surface area contributed by atoms with Gasteiger partial charge in [-0.3, -0.25) is 0 Å². The monoisotopic (exact) mass is 384 g/mol. The zero-order valence-corrected chi connectivity index (χ0v) is 15.0. The van der Waals surface area contributed by atoms with Crippen molar-refractivity contribution >= 4 is 43.6 Å². The fourth-order valence-electron chi connectivity index (χ4n) is 3.40. The summed E-state index contributed by atoms with van der Waals surface area (Å²) < 4.78 is 0.924. The second kappa shape index (κ2) is 6.04. The molecule has 1 fully saturated rings. The number of piperazine rings is 1. The van der Waals surface area contributed by atoms with E-state index in [-0.39, 0.29) is 0 Å². The molecular weight excluding hydrogens is 368 g/mol. The Morgan fingerprint density at radius 3 is 2.75 bits per heavy atom. The second-order valence-electron chi connectivity index (χ2n) is 5.95. The van der Waals surface area contributed by atoms with Crippen LogP contribution in [0.15, 0.2) is 22.9 Å². The summed E-state index contributed by atoms with van der Waals surface area (Å²) in [5.74, 6) is 0. The molecule has 7 heteroatoms. The van der Waals surface area contributed by atoms with Gasteiger partial charge in [0.25, 0.3) is 0 Å². The standard InChI is InChI=1S/C17H17BrN6/c1-2-23-3-5-24(6-4-23)16-13(8-19)20-10-14-15(16)12-7-11(18)9-21-17(12)22-14/h7,9-10H,2-6H2,1H3,(H,21,22). The number of aromatic nitrogens is 3. The van der Waals surface area contributed by atoms with Gasteiger partial charge in [0, 0.05) is 47.6 Å². The van der Waals surface area contributed by atoms with E-state index in [4.69, 9.17) is 0 Å². The van der Waals surface area contributed by atoms with E-state index in [0.29, 0.717) is 5.69 Å². The van der Waals surface area contributed by atoms with Crippen LogP contribution in [-0.4, -0.2) is 52.6 Å². The summed E-state index contributed by atoms with van der Waals surface area (Å²) in [4.78, 5) is 16.8. The summed E-state index contributed by atoms with van der Waals surface area (Å²) in [5.41, 5.74) is 3.14. The highest BCUT2D eigenvalue weighted by Crippen LogP contribution is 2.36. The van der Waals surface area contributed by atoms with Gasteiger partial charge in [-0.05, 0) is 28.5 Å². The maximum atomic E-state index is 9.59. The number of hydrogen-bond acceptors (Lipinski definition) is 5. The van der Waals surface area contributed by atoms with Crippen molar-refractivity contribution in [2.24, 2.45) is 0 Å². The molecule has 4 heterocycles. The van der Waals surface area contributed by atoms with Gasteiger partial charge in [0.15, 0.2) is 5.69 Å². The van der Waals surface area contributed by atoms with Gasteiger partial charge in [-0.1, -0.05) is 6.92 Å². The fourth-order valence-corrected chi connectivity index (χ4v) is 3.73. The third kappa shape index (κ3) is 2.43. The van der Waals surface area contributed by atoms with Gasteiger partial charge in [-0.15, -0.1) is 0 Å². The molecular formula is C17H17BrN6. The number of nitriles is 1. The zero-order chi connectivity index (χ0) is 16.7. The maximum absolute atomic E-state index is 9.59. The third-order valence-electron chi connectivity index (χ3n) is 4.67. The Labute approximate surface area is 148 Å². The summed E-state index contributed by atoms with van der Waals surface area (Å²) in [6.07, 6.45) is 3.51. The third-order valence-corrected chi connectivity index (χ3v) is 5.11. The number of aromatic amines is 1. The van der Waals surface area contributed by atoms with Crippen molar-refractivity contribution in [3.63, 3.8) is 0 Å². The Bertz CT molecular complexity index is 949. The molecule has 3 aromatic rings. The molecule has 0 unspecified atom stereocenters. The molecule has 0 bridgehead atoms.